The summed E-state index contributed by atoms with van der Waals surface area (Å²) in [6, 6.07) is 27.3. The number of hydrogen-bond donors (Lipinski definition) is 3. The predicted molar refractivity (Wildman–Crippen MR) is 154 cm³/mol. The summed E-state index contributed by atoms with van der Waals surface area (Å²) in [6.07, 6.45) is 2.16. The molecule has 39 heavy (non-hydrogen) atoms. The first-order valence-corrected chi connectivity index (χ1v) is 12.9. The molecule has 0 saturated heterocycles. The van der Waals surface area contributed by atoms with Crippen LogP contribution in [0.1, 0.15) is 39.6 Å². The topological polar surface area (TPSA) is 88.0 Å². The van der Waals surface area contributed by atoms with Gasteiger partial charge >= 0.3 is 5.97 Å². The van der Waals surface area contributed by atoms with E-state index in [0.29, 0.717) is 28.8 Å². The number of aliphatic hydroxyl groups excluding tert-OH is 1. The summed E-state index contributed by atoms with van der Waals surface area (Å²) in [5.74, 6) is 1.01. The molecule has 0 bridgehead atoms. The van der Waals surface area contributed by atoms with Gasteiger partial charge in [-0.15, -0.1) is 12.4 Å². The lowest BCUT2D eigenvalue weighted by Gasteiger charge is -2.27. The van der Waals surface area contributed by atoms with Crippen LogP contribution in [0.5, 0.6) is 23.0 Å². The molecule has 4 aromatic rings. The summed E-state index contributed by atoms with van der Waals surface area (Å²) >= 11 is 6.06. The highest BCUT2D eigenvalue weighted by Crippen LogP contribution is 2.32. The van der Waals surface area contributed by atoms with Crippen molar-refractivity contribution >= 4 is 30.0 Å². The van der Waals surface area contributed by atoms with Crippen molar-refractivity contribution in [3.63, 3.8) is 0 Å². The molecule has 0 fully saturated rings. The zero-order valence-electron chi connectivity index (χ0n) is 21.0. The highest BCUT2D eigenvalue weighted by atomic mass is 35.5. The van der Waals surface area contributed by atoms with Crippen LogP contribution in [-0.2, 0) is 12.8 Å². The number of nitrogens with one attached hydrogen (secondary N) is 1. The minimum atomic E-state index is -1.05. The smallest absolute Gasteiger partial charge is 0.339 e. The van der Waals surface area contributed by atoms with Crippen molar-refractivity contribution in [3.05, 3.63) is 118 Å². The van der Waals surface area contributed by atoms with E-state index in [0.717, 1.165) is 24.8 Å². The van der Waals surface area contributed by atoms with Crippen LogP contribution in [-0.4, -0.2) is 28.8 Å². The Morgan fingerprint density at radius 3 is 2.44 bits per heavy atom. The summed E-state index contributed by atoms with van der Waals surface area (Å²) in [4.78, 5) is 11.5. The molecule has 0 radical (unpaired) electrons. The molecule has 6 nitrogen and oxygen atoms in total. The van der Waals surface area contributed by atoms with E-state index in [9.17, 15) is 15.0 Å². The van der Waals surface area contributed by atoms with Gasteiger partial charge in [0.1, 0.15) is 28.6 Å². The normalized spacial score (nSPS) is 15.0. The largest absolute Gasteiger partial charge is 0.478 e. The number of aliphatic hydroxyl groups is 1. The maximum Gasteiger partial charge on any atom is 0.339 e. The number of halogens is 2. The molecule has 0 aromatic heterocycles. The molecule has 0 unspecified atom stereocenters. The average molecular weight is 566 g/mol. The van der Waals surface area contributed by atoms with Gasteiger partial charge in [0.2, 0.25) is 0 Å². The highest BCUT2D eigenvalue weighted by Gasteiger charge is 2.20. The molecule has 4 aromatic carbocycles. The molecule has 0 saturated carbocycles. The van der Waals surface area contributed by atoms with Crippen LogP contribution in [0.3, 0.4) is 0 Å². The average Bonchev–Trinajstić information content (AvgIpc) is 2.92. The van der Waals surface area contributed by atoms with E-state index in [4.69, 9.17) is 21.1 Å². The van der Waals surface area contributed by atoms with E-state index in [1.54, 1.807) is 48.5 Å². The number of carboxylic acids is 1. The Hall–Kier alpha value is -3.55. The Balaban J connectivity index is 0.00000353. The Kier molecular flexibility index (Phi) is 9.49. The maximum atomic E-state index is 11.5. The van der Waals surface area contributed by atoms with Gasteiger partial charge in [-0.2, -0.15) is 0 Å². The fourth-order valence-corrected chi connectivity index (χ4v) is 4.88. The molecular weight excluding hydrogens is 537 g/mol. The minimum absolute atomic E-state index is 0. The van der Waals surface area contributed by atoms with Crippen LogP contribution < -0.4 is 14.8 Å². The number of fused-ring (bicyclic) bond motifs is 1. The van der Waals surface area contributed by atoms with Crippen LogP contribution in [0, 0.1) is 0 Å². The van der Waals surface area contributed by atoms with Gasteiger partial charge in [0.05, 0.1) is 6.10 Å². The molecule has 3 N–H and O–H groups in total. The van der Waals surface area contributed by atoms with Crippen molar-refractivity contribution < 1.29 is 24.5 Å². The van der Waals surface area contributed by atoms with Crippen molar-refractivity contribution in [1.82, 2.24) is 5.32 Å². The molecule has 0 amide bonds. The van der Waals surface area contributed by atoms with Gasteiger partial charge in [-0.1, -0.05) is 48.0 Å². The first-order chi connectivity index (χ1) is 18.4. The number of hydrogen-bond acceptors (Lipinski definition) is 5. The van der Waals surface area contributed by atoms with Gasteiger partial charge in [-0.25, -0.2) is 4.79 Å². The number of ether oxygens (including phenoxy) is 2. The summed E-state index contributed by atoms with van der Waals surface area (Å²) in [7, 11) is 0. The van der Waals surface area contributed by atoms with Crippen LogP contribution in [0.15, 0.2) is 91.0 Å². The number of rotatable bonds is 9. The third kappa shape index (κ3) is 7.31. The lowest BCUT2D eigenvalue weighted by atomic mass is 9.88. The van der Waals surface area contributed by atoms with Crippen LogP contribution in [0.4, 0.5) is 0 Å². The molecule has 202 valence electrons. The van der Waals surface area contributed by atoms with Crippen molar-refractivity contribution in [2.75, 3.05) is 6.54 Å². The Morgan fingerprint density at radius 2 is 1.64 bits per heavy atom. The van der Waals surface area contributed by atoms with Crippen molar-refractivity contribution in [3.8, 4) is 23.0 Å². The molecule has 1 aliphatic carbocycles. The minimum Gasteiger partial charge on any atom is -0.478 e. The van der Waals surface area contributed by atoms with Crippen LogP contribution in [0.2, 0.25) is 5.02 Å². The Labute approximate surface area is 238 Å². The van der Waals surface area contributed by atoms with Gasteiger partial charge < -0.3 is 25.0 Å². The molecule has 0 heterocycles. The second-order valence-corrected chi connectivity index (χ2v) is 9.77. The van der Waals surface area contributed by atoms with Crippen molar-refractivity contribution in [2.45, 2.75) is 31.4 Å². The van der Waals surface area contributed by atoms with Crippen LogP contribution >= 0.6 is 24.0 Å². The SMILES string of the molecule is Cl.O=C(O)c1ccccc1Oc1cccc(Oc2ccc3c(c2)C[C@@H](NC[C@H](O)c2cccc(Cl)c2)CC3)c1. The summed E-state index contributed by atoms with van der Waals surface area (Å²) in [5, 5.41) is 24.1. The number of carbonyl (C=O) groups is 1. The Morgan fingerprint density at radius 1 is 0.897 bits per heavy atom. The van der Waals surface area contributed by atoms with E-state index >= 15 is 0 Å². The quantitative estimate of drug-likeness (QED) is 0.198. The fraction of sp³-hybridized carbons (Fsp3) is 0.194. The molecule has 8 heteroatoms. The first kappa shape index (κ1) is 28.5. The second kappa shape index (κ2) is 13.0. The summed E-state index contributed by atoms with van der Waals surface area (Å²) in [5.41, 5.74) is 3.41. The monoisotopic (exact) mass is 565 g/mol. The number of aromatic carboxylic acids is 1. The van der Waals surface area contributed by atoms with Gasteiger partial charge in [-0.05, 0) is 84.5 Å². The van der Waals surface area contributed by atoms with E-state index < -0.39 is 12.1 Å². The zero-order chi connectivity index (χ0) is 26.5. The zero-order valence-corrected chi connectivity index (χ0v) is 22.6. The van der Waals surface area contributed by atoms with Gasteiger partial charge in [0.15, 0.2) is 0 Å². The molecule has 0 spiro atoms. The van der Waals surface area contributed by atoms with Gasteiger partial charge in [0.25, 0.3) is 0 Å². The molecule has 5 rings (SSSR count). The summed E-state index contributed by atoms with van der Waals surface area (Å²) in [6.45, 7) is 0.453. The van der Waals surface area contributed by atoms with Gasteiger partial charge in [-0.3, -0.25) is 0 Å². The van der Waals surface area contributed by atoms with E-state index in [1.165, 1.54) is 17.2 Å². The van der Waals surface area contributed by atoms with Gasteiger partial charge in [0, 0.05) is 23.7 Å². The predicted octanol–water partition coefficient (Wildman–Crippen LogP) is 7.23. The highest BCUT2D eigenvalue weighted by molar-refractivity contribution is 6.30. The third-order valence-electron chi connectivity index (χ3n) is 6.63. The standard InChI is InChI=1S/C31H28ClNO5.ClH/c32-23-6-3-5-21(15-23)29(34)19-33-24-13-11-20-12-14-27(17-22(20)16-24)37-25-7-4-8-26(18-25)38-30-10-2-1-9-28(30)31(35)36;/h1-10,12,14-15,17-18,24,29,33-34H,11,13,16,19H2,(H,35,36);1H/t24-,29-;/m0./s1. The number of aryl methyl sites for hydroxylation is 1. The summed E-state index contributed by atoms with van der Waals surface area (Å²) < 4.78 is 12.0. The number of carboxylic acid groups (broad SMARTS) is 1. The lowest BCUT2D eigenvalue weighted by molar-refractivity contribution is 0.0694. The third-order valence-corrected chi connectivity index (χ3v) is 6.86. The number of benzene rings is 4. The van der Waals surface area contributed by atoms with Crippen LogP contribution in [0.25, 0.3) is 0 Å². The molecule has 2 atom stereocenters. The molecule has 1 aliphatic rings. The second-order valence-electron chi connectivity index (χ2n) is 9.33. The fourth-order valence-electron chi connectivity index (χ4n) is 4.68. The van der Waals surface area contributed by atoms with E-state index in [2.05, 4.69) is 17.4 Å². The van der Waals surface area contributed by atoms with Crippen molar-refractivity contribution in [1.29, 1.82) is 0 Å². The van der Waals surface area contributed by atoms with E-state index in [-0.39, 0.29) is 29.8 Å². The maximum absolute atomic E-state index is 11.5. The van der Waals surface area contributed by atoms with Crippen molar-refractivity contribution in [2.24, 2.45) is 0 Å². The lowest BCUT2D eigenvalue weighted by Crippen LogP contribution is -2.37. The molecule has 0 aliphatic heterocycles. The molecular formula is C31H29Cl2NO5. The first-order valence-electron chi connectivity index (χ1n) is 12.5. The number of para-hydroxylation sites is 1. The Bertz CT molecular complexity index is 1440. The van der Waals surface area contributed by atoms with E-state index in [1.807, 2.05) is 24.3 Å².